The van der Waals surface area contributed by atoms with Crippen molar-refractivity contribution in [3.8, 4) is 17.0 Å². The van der Waals surface area contributed by atoms with Gasteiger partial charge in [0.15, 0.2) is 5.75 Å². The number of aromatic amines is 1. The van der Waals surface area contributed by atoms with Crippen LogP contribution >= 0.6 is 0 Å². The lowest BCUT2D eigenvalue weighted by molar-refractivity contribution is 0.174. The van der Waals surface area contributed by atoms with Gasteiger partial charge in [-0.25, -0.2) is 14.2 Å². The Hall–Kier alpha value is -3.95. The number of H-pyrrole nitrogens is 1. The molecule has 5 N–H and O–H groups in total. The summed E-state index contributed by atoms with van der Waals surface area (Å²) in [7, 11) is 0. The van der Waals surface area contributed by atoms with E-state index >= 15 is 0 Å². The molecule has 8 nitrogen and oxygen atoms in total. The Morgan fingerprint density at radius 3 is 2.81 bits per heavy atom. The van der Waals surface area contributed by atoms with E-state index in [0.29, 0.717) is 23.3 Å². The maximum atomic E-state index is 13.4. The number of carbonyl (C=O) groups excluding carboxylic acids is 1. The normalized spacial score (nSPS) is 15.9. The van der Waals surface area contributed by atoms with E-state index in [0.717, 1.165) is 48.4 Å². The van der Waals surface area contributed by atoms with Crippen LogP contribution in [0.5, 0.6) is 5.75 Å². The number of hydrogen-bond acceptors (Lipinski definition) is 6. The molecular formula is C27H28FN5O3. The molecular weight excluding hydrogens is 461 g/mol. The van der Waals surface area contributed by atoms with Crippen molar-refractivity contribution in [2.45, 2.75) is 32.4 Å². The Morgan fingerprint density at radius 1 is 1.31 bits per heavy atom. The van der Waals surface area contributed by atoms with E-state index in [1.807, 2.05) is 18.2 Å². The second kappa shape index (κ2) is 9.96. The molecule has 1 saturated heterocycles. The van der Waals surface area contributed by atoms with Gasteiger partial charge in [0.1, 0.15) is 11.5 Å². The standard InChI is InChI=1S/C27H28FN5O3/c1-2-20-17(14-33-11-10-19(34)15-33)4-3-5-22(20)31-25-21-12-23(16-6-8-18(28)9-7-16)32-26(21)30-13-24(25)36-27(29)35/h3-9,12-13,19,34H,2,10-11,14-15H2,1H3,(H2,29,35)(H2,30,31,32). The number of ether oxygens (including phenoxy) is 1. The molecule has 0 aliphatic carbocycles. The van der Waals surface area contributed by atoms with Crippen LogP contribution in [0, 0.1) is 5.82 Å². The summed E-state index contributed by atoms with van der Waals surface area (Å²) < 4.78 is 18.7. The molecule has 9 heteroatoms. The van der Waals surface area contributed by atoms with Crippen LogP contribution in [-0.2, 0) is 13.0 Å². The monoisotopic (exact) mass is 489 g/mol. The third-order valence-electron chi connectivity index (χ3n) is 6.52. The number of rotatable bonds is 7. The van der Waals surface area contributed by atoms with Crippen LogP contribution in [0.15, 0.2) is 54.7 Å². The van der Waals surface area contributed by atoms with Crippen molar-refractivity contribution in [3.05, 3.63) is 71.7 Å². The fraction of sp³-hybridized carbons (Fsp3) is 0.259. The van der Waals surface area contributed by atoms with E-state index in [1.165, 1.54) is 23.9 Å². The van der Waals surface area contributed by atoms with Gasteiger partial charge in [0.05, 0.1) is 18.0 Å². The van der Waals surface area contributed by atoms with Gasteiger partial charge in [0.2, 0.25) is 0 Å². The van der Waals surface area contributed by atoms with Gasteiger partial charge in [-0.05, 0) is 65.9 Å². The van der Waals surface area contributed by atoms with Gasteiger partial charge >= 0.3 is 6.09 Å². The number of aliphatic hydroxyl groups excluding tert-OH is 1. The zero-order valence-electron chi connectivity index (χ0n) is 19.9. The smallest absolute Gasteiger partial charge is 0.407 e. The van der Waals surface area contributed by atoms with Crippen molar-refractivity contribution < 1.29 is 19.0 Å². The number of nitrogens with zero attached hydrogens (tertiary/aromatic N) is 2. The zero-order chi connectivity index (χ0) is 25.2. The summed E-state index contributed by atoms with van der Waals surface area (Å²) in [5.41, 5.74) is 11.2. The molecule has 2 aromatic heterocycles. The number of fused-ring (bicyclic) bond motifs is 1. The Kier molecular flexibility index (Phi) is 6.58. The molecule has 1 unspecified atom stereocenters. The zero-order valence-corrected chi connectivity index (χ0v) is 19.9. The Balaban J connectivity index is 1.56. The minimum atomic E-state index is -0.939. The molecule has 2 aromatic carbocycles. The third kappa shape index (κ3) is 4.89. The molecule has 1 amide bonds. The van der Waals surface area contributed by atoms with E-state index in [9.17, 15) is 14.3 Å². The lowest BCUT2D eigenvalue weighted by Gasteiger charge is -2.21. The lowest BCUT2D eigenvalue weighted by Crippen LogP contribution is -2.22. The van der Waals surface area contributed by atoms with E-state index < -0.39 is 6.09 Å². The summed E-state index contributed by atoms with van der Waals surface area (Å²) in [5.74, 6) is -0.113. The largest absolute Gasteiger partial charge is 0.410 e. The maximum absolute atomic E-state index is 13.4. The first-order valence-electron chi connectivity index (χ1n) is 11.9. The first kappa shape index (κ1) is 23.8. The van der Waals surface area contributed by atoms with Gasteiger partial charge in [-0.1, -0.05) is 19.1 Å². The van der Waals surface area contributed by atoms with Gasteiger partial charge in [0.25, 0.3) is 0 Å². The maximum Gasteiger partial charge on any atom is 0.410 e. The number of nitrogens with two attached hydrogens (primary N) is 1. The number of primary amides is 1. The summed E-state index contributed by atoms with van der Waals surface area (Å²) in [6.07, 6.45) is 1.79. The van der Waals surface area contributed by atoms with Gasteiger partial charge < -0.3 is 25.9 Å². The highest BCUT2D eigenvalue weighted by molar-refractivity contribution is 5.98. The molecule has 0 radical (unpaired) electrons. The number of hydrogen-bond donors (Lipinski definition) is 4. The van der Waals surface area contributed by atoms with Crippen LogP contribution in [0.25, 0.3) is 22.3 Å². The average Bonchev–Trinajstić information content (AvgIpc) is 3.47. The molecule has 0 saturated carbocycles. The van der Waals surface area contributed by atoms with Crippen LogP contribution in [0.4, 0.5) is 20.6 Å². The highest BCUT2D eigenvalue weighted by Crippen LogP contribution is 2.38. The molecule has 1 aliphatic rings. The molecule has 3 heterocycles. The summed E-state index contributed by atoms with van der Waals surface area (Å²) >= 11 is 0. The minimum Gasteiger partial charge on any atom is -0.407 e. The number of pyridine rings is 1. The van der Waals surface area contributed by atoms with Crippen LogP contribution < -0.4 is 15.8 Å². The first-order chi connectivity index (χ1) is 17.4. The lowest BCUT2D eigenvalue weighted by atomic mass is 10.0. The molecule has 1 aliphatic heterocycles. The predicted octanol–water partition coefficient (Wildman–Crippen LogP) is 4.70. The topological polar surface area (TPSA) is 116 Å². The van der Waals surface area contributed by atoms with Crippen LogP contribution in [0.1, 0.15) is 24.5 Å². The molecule has 186 valence electrons. The first-order valence-corrected chi connectivity index (χ1v) is 11.9. The second-order valence-electron chi connectivity index (χ2n) is 8.97. The van der Waals surface area contributed by atoms with Crippen molar-refractivity contribution in [2.24, 2.45) is 5.73 Å². The summed E-state index contributed by atoms with van der Waals surface area (Å²) in [6.45, 7) is 4.36. The summed E-state index contributed by atoms with van der Waals surface area (Å²) in [6, 6.07) is 14.1. The number of aromatic nitrogens is 2. The van der Waals surface area contributed by atoms with Crippen molar-refractivity contribution in [2.75, 3.05) is 18.4 Å². The number of nitrogens with one attached hydrogen (secondary N) is 2. The van der Waals surface area contributed by atoms with Gasteiger partial charge in [-0.3, -0.25) is 4.90 Å². The number of likely N-dealkylation sites (tertiary alicyclic amines) is 1. The molecule has 36 heavy (non-hydrogen) atoms. The highest BCUT2D eigenvalue weighted by atomic mass is 19.1. The number of benzene rings is 2. The Labute approximate surface area is 207 Å². The van der Waals surface area contributed by atoms with Gasteiger partial charge in [-0.2, -0.15) is 0 Å². The fourth-order valence-corrected chi connectivity index (χ4v) is 4.80. The SMILES string of the molecule is CCc1c(CN2CCC(O)C2)cccc1Nc1c(OC(N)=O)cnc2[nH]c(-c3ccc(F)cc3)cc12. The third-order valence-corrected chi connectivity index (χ3v) is 6.52. The van der Waals surface area contributed by atoms with Crippen molar-refractivity contribution in [1.29, 1.82) is 0 Å². The van der Waals surface area contributed by atoms with E-state index in [1.54, 1.807) is 12.1 Å². The minimum absolute atomic E-state index is 0.203. The van der Waals surface area contributed by atoms with Crippen LogP contribution in [0.3, 0.4) is 0 Å². The number of β-amino-alcohol motifs (C(OH)–C–C–N with tert-alkyl or cyclic N) is 1. The Bertz CT molecular complexity index is 1400. The molecule has 4 aromatic rings. The van der Waals surface area contributed by atoms with Crippen molar-refractivity contribution >= 4 is 28.5 Å². The number of aliphatic hydroxyl groups is 1. The van der Waals surface area contributed by atoms with Gasteiger partial charge in [-0.15, -0.1) is 0 Å². The highest BCUT2D eigenvalue weighted by Gasteiger charge is 2.22. The second-order valence-corrected chi connectivity index (χ2v) is 8.97. The number of carbonyl (C=O) groups is 1. The summed E-state index contributed by atoms with van der Waals surface area (Å²) in [4.78, 5) is 21.5. The molecule has 1 fully saturated rings. The number of halogens is 1. The predicted molar refractivity (Wildman–Crippen MR) is 137 cm³/mol. The number of anilines is 2. The molecule has 5 rings (SSSR count). The van der Waals surface area contributed by atoms with E-state index in [4.69, 9.17) is 10.5 Å². The number of amides is 1. The Morgan fingerprint density at radius 2 is 2.11 bits per heavy atom. The molecule has 0 spiro atoms. The fourth-order valence-electron chi connectivity index (χ4n) is 4.80. The molecule has 0 bridgehead atoms. The van der Waals surface area contributed by atoms with Gasteiger partial charge in [0, 0.05) is 36.4 Å². The van der Waals surface area contributed by atoms with Crippen LogP contribution in [-0.4, -0.2) is 45.3 Å². The summed E-state index contributed by atoms with van der Waals surface area (Å²) in [5, 5.41) is 14.1. The molecule has 1 atom stereocenters. The van der Waals surface area contributed by atoms with Crippen molar-refractivity contribution in [3.63, 3.8) is 0 Å². The average molecular weight is 490 g/mol. The van der Waals surface area contributed by atoms with Crippen LogP contribution in [0.2, 0.25) is 0 Å². The quantitative estimate of drug-likeness (QED) is 0.299. The van der Waals surface area contributed by atoms with E-state index in [2.05, 4.69) is 33.2 Å². The van der Waals surface area contributed by atoms with E-state index in [-0.39, 0.29) is 17.7 Å². The van der Waals surface area contributed by atoms with Crippen molar-refractivity contribution in [1.82, 2.24) is 14.9 Å².